The molecule has 0 heterocycles. The lowest BCUT2D eigenvalue weighted by Gasteiger charge is -2.00. The summed E-state index contributed by atoms with van der Waals surface area (Å²) < 4.78 is 0. The van der Waals surface area contributed by atoms with Gasteiger partial charge in [-0.15, -0.1) is 0 Å². The first-order valence-corrected chi connectivity index (χ1v) is 6.41. The predicted octanol–water partition coefficient (Wildman–Crippen LogP) is 5.27. The van der Waals surface area contributed by atoms with Crippen molar-refractivity contribution in [2.24, 2.45) is 0 Å². The lowest BCUT2D eigenvalue weighted by molar-refractivity contribution is 0.571. The third-order valence-electron chi connectivity index (χ3n) is 2.62. The van der Waals surface area contributed by atoms with Crippen molar-refractivity contribution in [2.45, 2.75) is 64.2 Å². The van der Waals surface area contributed by atoms with Gasteiger partial charge in [0.25, 0.3) is 0 Å². The van der Waals surface area contributed by atoms with Crippen LogP contribution < -0.4 is 0 Å². The molecule has 0 heteroatoms. The van der Waals surface area contributed by atoms with Crippen LogP contribution in [-0.4, -0.2) is 0 Å². The molecule has 0 aliphatic carbocycles. The molecule has 0 spiro atoms. The van der Waals surface area contributed by atoms with Crippen molar-refractivity contribution < 1.29 is 0 Å². The van der Waals surface area contributed by atoms with Gasteiger partial charge in [-0.25, -0.2) is 0 Å². The Labute approximate surface area is 96.5 Å². The fourth-order valence-corrected chi connectivity index (χ4v) is 1.67. The van der Waals surface area contributed by atoms with E-state index in [0.29, 0.717) is 0 Å². The number of hydrogen-bond acceptors (Lipinski definition) is 0. The van der Waals surface area contributed by atoms with Gasteiger partial charge in [0.1, 0.15) is 0 Å². The van der Waals surface area contributed by atoms with E-state index >= 15 is 0 Å². The predicted molar refractivity (Wildman–Crippen MR) is 69.5 cm³/mol. The number of rotatable bonds is 11. The largest absolute Gasteiger partial charge is 0.0845 e. The average molecular weight is 206 g/mol. The first-order valence-electron chi connectivity index (χ1n) is 6.41. The Hall–Kier alpha value is -0.520. The minimum atomic E-state index is 1.10. The van der Waals surface area contributed by atoms with Gasteiger partial charge in [0.2, 0.25) is 0 Å². The van der Waals surface area contributed by atoms with E-state index in [1.54, 1.807) is 6.08 Å². The Morgan fingerprint density at radius 1 is 0.800 bits per heavy atom. The van der Waals surface area contributed by atoms with Crippen molar-refractivity contribution in [3.63, 3.8) is 0 Å². The Morgan fingerprint density at radius 3 is 1.87 bits per heavy atom. The summed E-state index contributed by atoms with van der Waals surface area (Å²) >= 11 is 0. The lowest BCUT2D eigenvalue weighted by Crippen LogP contribution is -1.80. The molecule has 0 amide bonds. The summed E-state index contributed by atoms with van der Waals surface area (Å²) in [5, 5.41) is 0. The first kappa shape index (κ1) is 14.5. The minimum absolute atomic E-state index is 1.10. The smallest absolute Gasteiger partial charge is 0.0348 e. The van der Waals surface area contributed by atoms with Crippen LogP contribution in [0.1, 0.15) is 64.2 Å². The van der Waals surface area contributed by atoms with Crippen molar-refractivity contribution in [1.29, 1.82) is 0 Å². The molecule has 0 aliphatic heterocycles. The summed E-state index contributed by atoms with van der Waals surface area (Å²) in [5.74, 6) is 0. The average Bonchev–Trinajstić information content (AvgIpc) is 2.26. The van der Waals surface area contributed by atoms with E-state index in [-0.39, 0.29) is 0 Å². The molecule has 86 valence electrons. The molecular formula is C15H26. The van der Waals surface area contributed by atoms with Crippen LogP contribution in [0.3, 0.4) is 0 Å². The van der Waals surface area contributed by atoms with Gasteiger partial charge >= 0.3 is 0 Å². The van der Waals surface area contributed by atoms with Gasteiger partial charge in [0.15, 0.2) is 0 Å². The zero-order valence-corrected chi connectivity index (χ0v) is 10.1. The summed E-state index contributed by atoms with van der Waals surface area (Å²) in [6.07, 6.45) is 18.9. The summed E-state index contributed by atoms with van der Waals surface area (Å²) in [4.78, 5) is 0. The molecule has 2 radical (unpaired) electrons. The molecule has 0 fully saturated rings. The van der Waals surface area contributed by atoms with Crippen LogP contribution in [0.4, 0.5) is 0 Å². The maximum Gasteiger partial charge on any atom is -0.0348 e. The first-order chi connectivity index (χ1) is 7.41. The second-order valence-corrected chi connectivity index (χ2v) is 4.09. The fourth-order valence-electron chi connectivity index (χ4n) is 1.67. The van der Waals surface area contributed by atoms with Crippen LogP contribution >= 0.6 is 0 Å². The van der Waals surface area contributed by atoms with Crippen LogP contribution in [0.25, 0.3) is 0 Å². The molecule has 0 aromatic heterocycles. The van der Waals surface area contributed by atoms with Crippen molar-refractivity contribution in [2.75, 3.05) is 0 Å². The van der Waals surface area contributed by atoms with Gasteiger partial charge in [0.05, 0.1) is 0 Å². The topological polar surface area (TPSA) is 0 Å². The molecule has 0 saturated heterocycles. The van der Waals surface area contributed by atoms with Gasteiger partial charge in [-0.3, -0.25) is 0 Å². The van der Waals surface area contributed by atoms with E-state index in [4.69, 9.17) is 6.58 Å². The normalized spacial score (nSPS) is 11.0. The fraction of sp³-hybridized carbons (Fsp3) is 0.667. The Morgan fingerprint density at radius 2 is 1.33 bits per heavy atom. The molecule has 0 bridgehead atoms. The standard InChI is InChI=1S/C15H26/c1-3-5-7-9-11-13-15-14-12-10-8-6-4-2/h1,3,5,7H,2,4,6,8-15H2. The van der Waals surface area contributed by atoms with Crippen molar-refractivity contribution in [3.8, 4) is 0 Å². The SMILES string of the molecule is [CH]=CC=CCCCCCCCCCC[CH2]. The van der Waals surface area contributed by atoms with E-state index in [1.807, 2.05) is 6.08 Å². The van der Waals surface area contributed by atoms with Gasteiger partial charge in [-0.2, -0.15) is 0 Å². The van der Waals surface area contributed by atoms with Gasteiger partial charge < -0.3 is 0 Å². The second-order valence-electron chi connectivity index (χ2n) is 4.09. The third kappa shape index (κ3) is 13.5. The lowest BCUT2D eigenvalue weighted by atomic mass is 10.1. The summed E-state index contributed by atoms with van der Waals surface area (Å²) in [7, 11) is 0. The molecule has 0 saturated carbocycles. The van der Waals surface area contributed by atoms with Gasteiger partial charge in [0, 0.05) is 0 Å². The Kier molecular flexibility index (Phi) is 13.0. The van der Waals surface area contributed by atoms with E-state index in [0.717, 1.165) is 6.42 Å². The summed E-state index contributed by atoms with van der Waals surface area (Å²) in [5.41, 5.74) is 0. The molecule has 0 aliphatic rings. The van der Waals surface area contributed by atoms with Crippen LogP contribution in [0.15, 0.2) is 18.2 Å². The molecule has 0 aromatic carbocycles. The maximum absolute atomic E-state index is 5.23. The zero-order valence-electron chi connectivity index (χ0n) is 10.1. The highest BCUT2D eigenvalue weighted by atomic mass is 14.0. The Bertz CT molecular complexity index is 144. The highest BCUT2D eigenvalue weighted by Gasteiger charge is 1.90. The number of hydrogen-bond donors (Lipinski definition) is 0. The number of unbranched alkanes of at least 4 members (excludes halogenated alkanes) is 9. The van der Waals surface area contributed by atoms with E-state index in [1.165, 1.54) is 57.8 Å². The van der Waals surface area contributed by atoms with Crippen molar-refractivity contribution >= 4 is 0 Å². The maximum atomic E-state index is 5.23. The number of allylic oxidation sites excluding steroid dienone is 3. The van der Waals surface area contributed by atoms with Crippen LogP contribution in [0.2, 0.25) is 0 Å². The summed E-state index contributed by atoms with van der Waals surface area (Å²) in [6.45, 7) is 9.08. The quantitative estimate of drug-likeness (QED) is 0.319. The van der Waals surface area contributed by atoms with Crippen LogP contribution in [0.5, 0.6) is 0 Å². The monoisotopic (exact) mass is 206 g/mol. The highest BCUT2D eigenvalue weighted by Crippen LogP contribution is 2.10. The van der Waals surface area contributed by atoms with E-state index in [9.17, 15) is 0 Å². The minimum Gasteiger partial charge on any atom is -0.0845 e. The zero-order chi connectivity index (χ0) is 11.2. The molecule has 0 atom stereocenters. The molecule has 0 aromatic rings. The van der Waals surface area contributed by atoms with Gasteiger partial charge in [-0.05, 0) is 12.8 Å². The van der Waals surface area contributed by atoms with E-state index in [2.05, 4.69) is 13.0 Å². The molecule has 15 heavy (non-hydrogen) atoms. The molecule has 0 N–H and O–H groups in total. The summed E-state index contributed by atoms with van der Waals surface area (Å²) in [6, 6.07) is 0. The van der Waals surface area contributed by atoms with Crippen molar-refractivity contribution in [1.82, 2.24) is 0 Å². The highest BCUT2D eigenvalue weighted by molar-refractivity contribution is 4.95. The van der Waals surface area contributed by atoms with Crippen LogP contribution in [0, 0.1) is 13.5 Å². The molecule has 0 rings (SSSR count). The molecule has 0 nitrogen and oxygen atoms in total. The molecule has 0 unspecified atom stereocenters. The van der Waals surface area contributed by atoms with Gasteiger partial charge in [-0.1, -0.05) is 83.1 Å². The van der Waals surface area contributed by atoms with E-state index < -0.39 is 0 Å². The Balaban J connectivity index is 2.92. The second kappa shape index (κ2) is 13.5. The van der Waals surface area contributed by atoms with Crippen LogP contribution in [-0.2, 0) is 0 Å². The third-order valence-corrected chi connectivity index (χ3v) is 2.62. The van der Waals surface area contributed by atoms with Crippen molar-refractivity contribution in [3.05, 3.63) is 31.7 Å². The molecular weight excluding hydrogens is 180 g/mol.